The van der Waals surface area contributed by atoms with Crippen LogP contribution in [0.25, 0.3) is 0 Å². The van der Waals surface area contributed by atoms with Gasteiger partial charge in [0.1, 0.15) is 10.8 Å². The van der Waals surface area contributed by atoms with Gasteiger partial charge in [0, 0.05) is 9.90 Å². The number of aryl methyl sites for hydroxylation is 2. The maximum absolute atomic E-state index is 12.3. The summed E-state index contributed by atoms with van der Waals surface area (Å²) >= 11 is 7.42. The molecule has 0 bridgehead atoms. The van der Waals surface area contributed by atoms with Gasteiger partial charge in [-0.15, -0.1) is 11.3 Å². The number of rotatable bonds is 5. The van der Waals surface area contributed by atoms with Gasteiger partial charge in [-0.3, -0.25) is 15.0 Å². The van der Waals surface area contributed by atoms with Crippen LogP contribution in [-0.4, -0.2) is 18.4 Å². The molecule has 1 aromatic carbocycles. The lowest BCUT2D eigenvalue weighted by Crippen LogP contribution is -2.31. The highest BCUT2D eigenvalue weighted by Crippen LogP contribution is 2.38. The van der Waals surface area contributed by atoms with E-state index < -0.39 is 0 Å². The highest BCUT2D eigenvalue weighted by Gasteiger charge is 2.26. The van der Waals surface area contributed by atoms with E-state index in [9.17, 15) is 9.59 Å². The second-order valence-electron chi connectivity index (χ2n) is 6.14. The van der Waals surface area contributed by atoms with Crippen molar-refractivity contribution >= 4 is 39.8 Å². The second-order valence-corrected chi connectivity index (χ2v) is 7.65. The zero-order valence-electron chi connectivity index (χ0n) is 14.4. The summed E-state index contributed by atoms with van der Waals surface area (Å²) in [6.45, 7) is 1.70. The summed E-state index contributed by atoms with van der Waals surface area (Å²) < 4.78 is 5.51. The topological polar surface area (TPSA) is 93.4 Å². The molecule has 1 aromatic heterocycles. The van der Waals surface area contributed by atoms with Crippen molar-refractivity contribution in [2.75, 3.05) is 11.9 Å². The van der Waals surface area contributed by atoms with Crippen molar-refractivity contribution in [2.45, 2.75) is 32.6 Å². The van der Waals surface area contributed by atoms with Crippen LogP contribution in [-0.2, 0) is 17.6 Å². The van der Waals surface area contributed by atoms with Gasteiger partial charge in [0.05, 0.1) is 5.56 Å². The Morgan fingerprint density at radius 2 is 2.08 bits per heavy atom. The molecule has 138 valence electrons. The quantitative estimate of drug-likeness (QED) is 0.413. The number of benzene rings is 1. The number of ether oxygens (including phenoxy) is 1. The molecule has 26 heavy (non-hydrogen) atoms. The van der Waals surface area contributed by atoms with Gasteiger partial charge in [0.15, 0.2) is 6.61 Å². The summed E-state index contributed by atoms with van der Waals surface area (Å²) in [7, 11) is 0. The number of amides is 2. The Hall–Kier alpha value is -2.09. The SMILES string of the molecule is Cc1cc(OCC(=O)Nc2sc3c(c2C(=O)NN)CCCC3)ccc1Cl. The van der Waals surface area contributed by atoms with Crippen LogP contribution >= 0.6 is 22.9 Å². The predicted molar refractivity (Wildman–Crippen MR) is 103 cm³/mol. The Kier molecular flexibility index (Phi) is 5.80. The van der Waals surface area contributed by atoms with Crippen molar-refractivity contribution in [3.8, 4) is 5.75 Å². The highest BCUT2D eigenvalue weighted by atomic mass is 35.5. The largest absolute Gasteiger partial charge is 0.484 e. The van der Waals surface area contributed by atoms with Crippen LogP contribution in [0.2, 0.25) is 5.02 Å². The third-order valence-corrected chi connectivity index (χ3v) is 5.91. The number of thiophene rings is 1. The molecule has 0 fully saturated rings. The molecule has 0 radical (unpaired) electrons. The first-order chi connectivity index (χ1) is 12.5. The number of halogens is 1. The molecule has 0 saturated heterocycles. The van der Waals surface area contributed by atoms with Crippen molar-refractivity contribution in [1.82, 2.24) is 5.43 Å². The fourth-order valence-corrected chi connectivity index (χ4v) is 4.41. The first-order valence-electron chi connectivity index (χ1n) is 8.34. The molecule has 2 aromatic rings. The predicted octanol–water partition coefficient (Wildman–Crippen LogP) is 3.21. The highest BCUT2D eigenvalue weighted by molar-refractivity contribution is 7.17. The van der Waals surface area contributed by atoms with Crippen LogP contribution in [0.5, 0.6) is 5.75 Å². The average Bonchev–Trinajstić information content (AvgIpc) is 2.99. The fraction of sp³-hybridized carbons (Fsp3) is 0.333. The molecule has 0 unspecified atom stereocenters. The molecule has 1 aliphatic carbocycles. The first-order valence-corrected chi connectivity index (χ1v) is 9.53. The van der Waals surface area contributed by atoms with E-state index in [0.29, 0.717) is 21.3 Å². The van der Waals surface area contributed by atoms with Crippen molar-refractivity contribution in [3.05, 3.63) is 44.8 Å². The van der Waals surface area contributed by atoms with Crippen LogP contribution in [0.3, 0.4) is 0 Å². The van der Waals surface area contributed by atoms with Gasteiger partial charge >= 0.3 is 0 Å². The molecule has 1 heterocycles. The lowest BCUT2D eigenvalue weighted by atomic mass is 9.95. The van der Waals surface area contributed by atoms with Crippen molar-refractivity contribution in [1.29, 1.82) is 0 Å². The standard InChI is InChI=1S/C18H20ClN3O3S/c1-10-8-11(6-7-13(10)19)25-9-15(23)21-18-16(17(24)22-20)12-4-2-3-5-14(12)26-18/h6-8H,2-5,9,20H2,1H3,(H,21,23)(H,22,24). The van der Waals surface area contributed by atoms with E-state index in [0.717, 1.165) is 41.7 Å². The third-order valence-electron chi connectivity index (χ3n) is 4.28. The van der Waals surface area contributed by atoms with E-state index in [4.69, 9.17) is 22.2 Å². The Bertz CT molecular complexity index is 850. The minimum Gasteiger partial charge on any atom is -0.484 e. The van der Waals surface area contributed by atoms with Crippen LogP contribution < -0.4 is 21.3 Å². The van der Waals surface area contributed by atoms with E-state index in [1.165, 1.54) is 11.3 Å². The number of anilines is 1. The number of hydrazine groups is 1. The molecule has 1 aliphatic rings. The second kappa shape index (κ2) is 8.07. The molecule has 8 heteroatoms. The molecular weight excluding hydrogens is 374 g/mol. The van der Waals surface area contributed by atoms with Crippen LogP contribution in [0.15, 0.2) is 18.2 Å². The number of fused-ring (bicyclic) bond motifs is 1. The molecule has 3 rings (SSSR count). The molecule has 0 atom stereocenters. The zero-order chi connectivity index (χ0) is 18.7. The number of carbonyl (C=O) groups is 2. The summed E-state index contributed by atoms with van der Waals surface area (Å²) in [6.07, 6.45) is 3.86. The minimum atomic E-state index is -0.381. The molecule has 2 amide bonds. The zero-order valence-corrected chi connectivity index (χ0v) is 15.9. The number of nitrogens with one attached hydrogen (secondary N) is 2. The van der Waals surface area contributed by atoms with Gasteiger partial charge in [-0.25, -0.2) is 5.84 Å². The number of nitrogen functional groups attached to an aromatic ring is 1. The Labute approximate surface area is 160 Å². The normalized spacial score (nSPS) is 13.0. The summed E-state index contributed by atoms with van der Waals surface area (Å²) in [4.78, 5) is 25.6. The third kappa shape index (κ3) is 4.00. The maximum atomic E-state index is 12.3. The maximum Gasteiger partial charge on any atom is 0.268 e. The van der Waals surface area contributed by atoms with Crippen molar-refractivity contribution < 1.29 is 14.3 Å². The summed E-state index contributed by atoms with van der Waals surface area (Å²) in [6, 6.07) is 5.20. The van der Waals surface area contributed by atoms with Crippen molar-refractivity contribution in [2.24, 2.45) is 5.84 Å². The number of hydrogen-bond donors (Lipinski definition) is 3. The minimum absolute atomic E-state index is 0.159. The summed E-state index contributed by atoms with van der Waals surface area (Å²) in [5.41, 5.74) is 4.51. The van der Waals surface area contributed by atoms with Crippen molar-refractivity contribution in [3.63, 3.8) is 0 Å². The molecular formula is C18H20ClN3O3S. The fourth-order valence-electron chi connectivity index (χ4n) is 2.98. The van der Waals surface area contributed by atoms with E-state index in [-0.39, 0.29) is 18.4 Å². The van der Waals surface area contributed by atoms with E-state index in [2.05, 4.69) is 10.7 Å². The van der Waals surface area contributed by atoms with E-state index in [1.807, 2.05) is 6.92 Å². The molecule has 4 N–H and O–H groups in total. The summed E-state index contributed by atoms with van der Waals surface area (Å²) in [5.74, 6) is 5.16. The van der Waals surface area contributed by atoms with Crippen LogP contribution in [0.1, 0.15) is 39.2 Å². The van der Waals surface area contributed by atoms with E-state index in [1.54, 1.807) is 18.2 Å². The van der Waals surface area contributed by atoms with Gasteiger partial charge in [-0.1, -0.05) is 11.6 Å². The van der Waals surface area contributed by atoms with Gasteiger partial charge < -0.3 is 10.1 Å². The van der Waals surface area contributed by atoms with Gasteiger partial charge in [-0.05, 0) is 61.9 Å². The van der Waals surface area contributed by atoms with Crippen LogP contribution in [0.4, 0.5) is 5.00 Å². The Balaban J connectivity index is 1.71. The average molecular weight is 394 g/mol. The number of carbonyl (C=O) groups excluding carboxylic acids is 2. The molecule has 0 aliphatic heterocycles. The van der Waals surface area contributed by atoms with Gasteiger partial charge in [-0.2, -0.15) is 0 Å². The van der Waals surface area contributed by atoms with E-state index >= 15 is 0 Å². The lowest BCUT2D eigenvalue weighted by molar-refractivity contribution is -0.118. The van der Waals surface area contributed by atoms with Crippen LogP contribution in [0, 0.1) is 6.92 Å². The van der Waals surface area contributed by atoms with Gasteiger partial charge in [0.25, 0.3) is 11.8 Å². The lowest BCUT2D eigenvalue weighted by Gasteiger charge is -2.12. The Morgan fingerprint density at radius 3 is 2.81 bits per heavy atom. The molecule has 0 saturated carbocycles. The first kappa shape index (κ1) is 18.7. The molecule has 0 spiro atoms. The monoisotopic (exact) mass is 393 g/mol. The Morgan fingerprint density at radius 1 is 1.31 bits per heavy atom. The van der Waals surface area contributed by atoms with Gasteiger partial charge in [0.2, 0.25) is 0 Å². The smallest absolute Gasteiger partial charge is 0.268 e. The molecule has 6 nitrogen and oxygen atoms in total. The number of nitrogens with two attached hydrogens (primary N) is 1. The number of hydrogen-bond acceptors (Lipinski definition) is 5. The summed E-state index contributed by atoms with van der Waals surface area (Å²) in [5, 5.41) is 3.96.